The maximum Gasteiger partial charge on any atom is 0.127 e. The van der Waals surface area contributed by atoms with E-state index in [-0.39, 0.29) is 0 Å². The minimum atomic E-state index is -0.490. The highest BCUT2D eigenvalue weighted by Gasteiger charge is 2.32. The van der Waals surface area contributed by atoms with E-state index in [1.807, 2.05) is 6.92 Å². The lowest BCUT2D eigenvalue weighted by Crippen LogP contribution is -2.46. The standard InChI is InChI=1S/C8H14N2O/c1-8(5-9,6-11-2)10-7-3-4-7/h7,10H,3-4,6H2,1-2H3. The molecule has 0 heterocycles. The molecule has 0 spiro atoms. The van der Waals surface area contributed by atoms with E-state index in [1.54, 1.807) is 7.11 Å². The molecule has 1 rings (SSSR count). The zero-order chi connectivity index (χ0) is 8.32. The fourth-order valence-electron chi connectivity index (χ4n) is 1.07. The minimum Gasteiger partial charge on any atom is -0.382 e. The van der Waals surface area contributed by atoms with Crippen molar-refractivity contribution in [2.45, 2.75) is 31.3 Å². The molecule has 0 aromatic rings. The Balaban J connectivity index is 2.37. The molecule has 62 valence electrons. The van der Waals surface area contributed by atoms with Crippen molar-refractivity contribution in [1.29, 1.82) is 5.26 Å². The van der Waals surface area contributed by atoms with Gasteiger partial charge in [-0.05, 0) is 19.8 Å². The van der Waals surface area contributed by atoms with Gasteiger partial charge in [0, 0.05) is 13.2 Å². The van der Waals surface area contributed by atoms with Crippen LogP contribution in [-0.4, -0.2) is 25.3 Å². The van der Waals surface area contributed by atoms with Crippen molar-refractivity contribution >= 4 is 0 Å². The Bertz CT molecular complexity index is 171. The van der Waals surface area contributed by atoms with Gasteiger partial charge in [-0.2, -0.15) is 5.26 Å². The molecular formula is C8H14N2O. The lowest BCUT2D eigenvalue weighted by atomic mass is 10.1. The van der Waals surface area contributed by atoms with Crippen LogP contribution in [0.5, 0.6) is 0 Å². The van der Waals surface area contributed by atoms with Crippen LogP contribution in [0.3, 0.4) is 0 Å². The van der Waals surface area contributed by atoms with E-state index in [1.165, 1.54) is 12.8 Å². The van der Waals surface area contributed by atoms with E-state index in [2.05, 4.69) is 11.4 Å². The summed E-state index contributed by atoms with van der Waals surface area (Å²) in [5, 5.41) is 12.0. The molecule has 0 bridgehead atoms. The number of nitrogens with zero attached hydrogens (tertiary/aromatic N) is 1. The molecule has 0 aromatic carbocycles. The number of ether oxygens (including phenoxy) is 1. The Morgan fingerprint density at radius 1 is 1.73 bits per heavy atom. The normalized spacial score (nSPS) is 22.3. The van der Waals surface area contributed by atoms with Crippen LogP contribution in [0.1, 0.15) is 19.8 Å². The van der Waals surface area contributed by atoms with Crippen molar-refractivity contribution in [3.63, 3.8) is 0 Å². The Morgan fingerprint density at radius 3 is 2.73 bits per heavy atom. The highest BCUT2D eigenvalue weighted by Crippen LogP contribution is 2.22. The molecule has 1 unspecified atom stereocenters. The van der Waals surface area contributed by atoms with Gasteiger partial charge in [0.1, 0.15) is 5.54 Å². The van der Waals surface area contributed by atoms with E-state index in [0.717, 1.165) is 0 Å². The minimum absolute atomic E-state index is 0.458. The van der Waals surface area contributed by atoms with Crippen LogP contribution in [0.2, 0.25) is 0 Å². The third-order valence-electron chi connectivity index (χ3n) is 1.78. The van der Waals surface area contributed by atoms with Crippen molar-refractivity contribution in [3.05, 3.63) is 0 Å². The van der Waals surface area contributed by atoms with Crippen LogP contribution in [-0.2, 0) is 4.74 Å². The number of methoxy groups -OCH3 is 1. The predicted octanol–water partition coefficient (Wildman–Crippen LogP) is 0.667. The molecule has 0 aliphatic heterocycles. The largest absolute Gasteiger partial charge is 0.382 e. The summed E-state index contributed by atoms with van der Waals surface area (Å²) < 4.78 is 4.94. The fraction of sp³-hybridized carbons (Fsp3) is 0.875. The quantitative estimate of drug-likeness (QED) is 0.647. The topological polar surface area (TPSA) is 45.0 Å². The molecule has 1 saturated carbocycles. The summed E-state index contributed by atoms with van der Waals surface area (Å²) in [4.78, 5) is 0. The second kappa shape index (κ2) is 3.21. The van der Waals surface area contributed by atoms with Crippen molar-refractivity contribution in [2.24, 2.45) is 0 Å². The molecule has 3 nitrogen and oxygen atoms in total. The predicted molar refractivity (Wildman–Crippen MR) is 42.1 cm³/mol. The summed E-state index contributed by atoms with van der Waals surface area (Å²) in [6, 6.07) is 2.77. The van der Waals surface area contributed by atoms with Gasteiger partial charge in [0.2, 0.25) is 0 Å². The Morgan fingerprint density at radius 2 is 2.36 bits per heavy atom. The van der Waals surface area contributed by atoms with Crippen molar-refractivity contribution in [2.75, 3.05) is 13.7 Å². The van der Waals surface area contributed by atoms with Crippen molar-refractivity contribution in [1.82, 2.24) is 5.32 Å². The molecule has 11 heavy (non-hydrogen) atoms. The third-order valence-corrected chi connectivity index (χ3v) is 1.78. The maximum absolute atomic E-state index is 8.80. The molecule has 3 heteroatoms. The zero-order valence-electron chi connectivity index (χ0n) is 7.05. The van der Waals surface area contributed by atoms with Crippen LogP contribution < -0.4 is 5.32 Å². The molecular weight excluding hydrogens is 140 g/mol. The Hall–Kier alpha value is -0.590. The summed E-state index contributed by atoms with van der Waals surface area (Å²) in [7, 11) is 1.62. The summed E-state index contributed by atoms with van der Waals surface area (Å²) in [5.41, 5.74) is -0.490. The van der Waals surface area contributed by atoms with Crippen LogP contribution in [0, 0.1) is 11.3 Å². The molecule has 1 N–H and O–H groups in total. The average molecular weight is 154 g/mol. The monoisotopic (exact) mass is 154 g/mol. The van der Waals surface area contributed by atoms with Gasteiger partial charge in [0.15, 0.2) is 0 Å². The highest BCUT2D eigenvalue weighted by molar-refractivity contribution is 5.07. The van der Waals surface area contributed by atoms with Gasteiger partial charge in [-0.3, -0.25) is 5.32 Å². The fourth-order valence-corrected chi connectivity index (χ4v) is 1.07. The highest BCUT2D eigenvalue weighted by atomic mass is 16.5. The van der Waals surface area contributed by atoms with Crippen LogP contribution >= 0.6 is 0 Å². The molecule has 1 atom stereocenters. The first-order valence-electron chi connectivity index (χ1n) is 3.88. The van der Waals surface area contributed by atoms with E-state index >= 15 is 0 Å². The molecule has 1 fully saturated rings. The van der Waals surface area contributed by atoms with Gasteiger partial charge in [0.05, 0.1) is 12.7 Å². The van der Waals surface area contributed by atoms with Crippen LogP contribution in [0.15, 0.2) is 0 Å². The molecule has 0 amide bonds. The first kappa shape index (κ1) is 8.51. The average Bonchev–Trinajstić information content (AvgIpc) is 2.73. The lowest BCUT2D eigenvalue weighted by Gasteiger charge is -2.21. The van der Waals surface area contributed by atoms with Gasteiger partial charge in [-0.15, -0.1) is 0 Å². The van der Waals surface area contributed by atoms with Crippen molar-refractivity contribution in [3.8, 4) is 6.07 Å². The Labute approximate surface area is 67.3 Å². The van der Waals surface area contributed by atoms with Crippen LogP contribution in [0.4, 0.5) is 0 Å². The zero-order valence-corrected chi connectivity index (χ0v) is 7.05. The van der Waals surface area contributed by atoms with E-state index in [9.17, 15) is 0 Å². The number of nitrogens with one attached hydrogen (secondary N) is 1. The molecule has 0 radical (unpaired) electrons. The number of nitriles is 1. The first-order valence-corrected chi connectivity index (χ1v) is 3.88. The lowest BCUT2D eigenvalue weighted by molar-refractivity contribution is 0.145. The smallest absolute Gasteiger partial charge is 0.127 e. The third kappa shape index (κ3) is 2.49. The van der Waals surface area contributed by atoms with Gasteiger partial charge < -0.3 is 4.74 Å². The molecule has 1 aliphatic rings. The summed E-state index contributed by atoms with van der Waals surface area (Å²) in [6.45, 7) is 2.33. The molecule has 1 aliphatic carbocycles. The first-order chi connectivity index (χ1) is 5.20. The second-order valence-corrected chi connectivity index (χ2v) is 3.30. The van der Waals surface area contributed by atoms with Gasteiger partial charge in [-0.25, -0.2) is 0 Å². The summed E-state index contributed by atoms with van der Waals surface area (Å²) >= 11 is 0. The van der Waals surface area contributed by atoms with Gasteiger partial charge in [0.25, 0.3) is 0 Å². The second-order valence-electron chi connectivity index (χ2n) is 3.30. The summed E-state index contributed by atoms with van der Waals surface area (Å²) in [6.07, 6.45) is 2.39. The number of hydrogen-bond acceptors (Lipinski definition) is 3. The van der Waals surface area contributed by atoms with E-state index in [0.29, 0.717) is 12.6 Å². The molecule has 0 saturated heterocycles. The van der Waals surface area contributed by atoms with Crippen LogP contribution in [0.25, 0.3) is 0 Å². The Kier molecular flexibility index (Phi) is 2.48. The van der Waals surface area contributed by atoms with Crippen molar-refractivity contribution < 1.29 is 4.74 Å². The number of rotatable bonds is 4. The number of hydrogen-bond donors (Lipinski definition) is 1. The maximum atomic E-state index is 8.80. The van der Waals surface area contributed by atoms with Gasteiger partial charge in [-0.1, -0.05) is 0 Å². The van der Waals surface area contributed by atoms with Gasteiger partial charge >= 0.3 is 0 Å². The molecule has 0 aromatic heterocycles. The SMILES string of the molecule is COCC(C)(C#N)NC1CC1. The van der Waals surface area contributed by atoms with E-state index in [4.69, 9.17) is 10.00 Å². The summed E-state index contributed by atoms with van der Waals surface area (Å²) in [5.74, 6) is 0. The van der Waals surface area contributed by atoms with E-state index < -0.39 is 5.54 Å².